The monoisotopic (exact) mass is 298 g/mol. The summed E-state index contributed by atoms with van der Waals surface area (Å²) in [7, 11) is 1.72. The zero-order chi connectivity index (χ0) is 15.5. The Kier molecular flexibility index (Phi) is 4.90. The Balaban J connectivity index is 1.87. The van der Waals surface area contributed by atoms with Gasteiger partial charge in [0, 0.05) is 12.6 Å². The number of likely N-dealkylation sites (N-methyl/N-ethyl adjacent to an activating group) is 1. The lowest BCUT2D eigenvalue weighted by Gasteiger charge is -2.28. The van der Waals surface area contributed by atoms with Gasteiger partial charge >= 0.3 is 0 Å². The van der Waals surface area contributed by atoms with Crippen LogP contribution in [0, 0.1) is 11.6 Å². The van der Waals surface area contributed by atoms with Crippen LogP contribution in [-0.4, -0.2) is 41.7 Å². The maximum atomic E-state index is 13.4. The first-order chi connectivity index (χ1) is 9.88. The molecule has 1 aromatic rings. The summed E-state index contributed by atoms with van der Waals surface area (Å²) in [6.07, 6.45) is 3.45. The van der Waals surface area contributed by atoms with Crippen LogP contribution in [0.15, 0.2) is 18.2 Å². The fraction of sp³-hybridized carbons (Fsp3) is 0.533. The highest BCUT2D eigenvalue weighted by atomic mass is 19.1. The summed E-state index contributed by atoms with van der Waals surface area (Å²) in [5.41, 5.74) is -0.910. The molecule has 1 saturated carbocycles. The molecule has 0 aliphatic heterocycles. The highest BCUT2D eigenvalue weighted by Crippen LogP contribution is 2.29. The Morgan fingerprint density at radius 1 is 1.38 bits per heavy atom. The fourth-order valence-electron chi connectivity index (χ4n) is 2.78. The number of hydrogen-bond donors (Lipinski definition) is 2. The number of hydrogen-bond acceptors (Lipinski definition) is 3. The van der Waals surface area contributed by atoms with Crippen molar-refractivity contribution in [3.8, 4) is 0 Å². The number of amides is 1. The second-order valence-electron chi connectivity index (χ2n) is 5.78. The fourth-order valence-corrected chi connectivity index (χ4v) is 2.78. The first kappa shape index (κ1) is 15.9. The van der Waals surface area contributed by atoms with E-state index in [9.17, 15) is 18.7 Å². The van der Waals surface area contributed by atoms with Crippen LogP contribution in [0.2, 0.25) is 0 Å². The topological polar surface area (TPSA) is 52.6 Å². The third-order valence-electron chi connectivity index (χ3n) is 3.71. The lowest BCUT2D eigenvalue weighted by atomic mass is 10.0. The van der Waals surface area contributed by atoms with Crippen molar-refractivity contribution < 1.29 is 18.7 Å². The largest absolute Gasteiger partial charge is 0.389 e. The third-order valence-corrected chi connectivity index (χ3v) is 3.71. The first-order valence-electron chi connectivity index (χ1n) is 7.04. The number of nitrogens with zero attached hydrogens (tertiary/aromatic N) is 1. The summed E-state index contributed by atoms with van der Waals surface area (Å²) in [6, 6.07) is 2.90. The smallest absolute Gasteiger partial charge is 0.238 e. The Morgan fingerprint density at radius 2 is 2.05 bits per heavy atom. The molecule has 0 spiro atoms. The van der Waals surface area contributed by atoms with Crippen molar-refractivity contribution in [3.05, 3.63) is 29.8 Å². The Morgan fingerprint density at radius 3 is 2.71 bits per heavy atom. The minimum Gasteiger partial charge on any atom is -0.389 e. The van der Waals surface area contributed by atoms with E-state index in [1.54, 1.807) is 11.9 Å². The molecule has 116 valence electrons. The molecule has 1 aromatic carbocycles. The summed E-state index contributed by atoms with van der Waals surface area (Å²) in [5.74, 6) is -1.73. The summed E-state index contributed by atoms with van der Waals surface area (Å²) in [6.45, 7) is 0.407. The maximum Gasteiger partial charge on any atom is 0.238 e. The van der Waals surface area contributed by atoms with E-state index in [0.29, 0.717) is 6.54 Å². The van der Waals surface area contributed by atoms with Crippen molar-refractivity contribution in [2.24, 2.45) is 0 Å². The van der Waals surface area contributed by atoms with Gasteiger partial charge in [0.25, 0.3) is 0 Å². The van der Waals surface area contributed by atoms with Gasteiger partial charge in [-0.3, -0.25) is 9.69 Å². The van der Waals surface area contributed by atoms with Crippen LogP contribution in [0.1, 0.15) is 25.7 Å². The Bertz CT molecular complexity index is 516. The van der Waals surface area contributed by atoms with Gasteiger partial charge in [-0.1, -0.05) is 12.8 Å². The summed E-state index contributed by atoms with van der Waals surface area (Å²) < 4.78 is 26.4. The number of benzene rings is 1. The van der Waals surface area contributed by atoms with Gasteiger partial charge in [0.1, 0.15) is 11.6 Å². The normalized spacial score (nSPS) is 17.2. The van der Waals surface area contributed by atoms with Gasteiger partial charge in [-0.15, -0.1) is 0 Å². The van der Waals surface area contributed by atoms with Gasteiger partial charge in [-0.05, 0) is 32.0 Å². The molecule has 4 nitrogen and oxygen atoms in total. The van der Waals surface area contributed by atoms with Gasteiger partial charge in [-0.2, -0.15) is 0 Å². The van der Waals surface area contributed by atoms with Crippen molar-refractivity contribution in [1.82, 2.24) is 4.90 Å². The van der Waals surface area contributed by atoms with Crippen LogP contribution < -0.4 is 5.32 Å². The molecule has 2 N–H and O–H groups in total. The van der Waals surface area contributed by atoms with Crippen LogP contribution in [0.25, 0.3) is 0 Å². The molecule has 1 fully saturated rings. The van der Waals surface area contributed by atoms with E-state index in [4.69, 9.17) is 0 Å². The van der Waals surface area contributed by atoms with E-state index in [-0.39, 0.29) is 12.2 Å². The molecule has 0 atom stereocenters. The molecule has 0 bridgehead atoms. The highest BCUT2D eigenvalue weighted by Gasteiger charge is 2.32. The van der Waals surface area contributed by atoms with E-state index in [1.165, 1.54) is 0 Å². The second-order valence-corrected chi connectivity index (χ2v) is 5.78. The predicted molar refractivity (Wildman–Crippen MR) is 75.9 cm³/mol. The zero-order valence-electron chi connectivity index (χ0n) is 12.0. The molecule has 0 heterocycles. The van der Waals surface area contributed by atoms with Crippen molar-refractivity contribution in [2.75, 3.05) is 25.5 Å². The molecule has 0 radical (unpaired) electrons. The maximum absolute atomic E-state index is 13.4. The number of nitrogens with one attached hydrogen (secondary N) is 1. The number of anilines is 1. The molecule has 0 unspecified atom stereocenters. The lowest BCUT2D eigenvalue weighted by Crippen LogP contribution is -2.42. The molecular weight excluding hydrogens is 278 g/mol. The molecule has 6 heteroatoms. The first-order valence-corrected chi connectivity index (χ1v) is 7.04. The molecule has 21 heavy (non-hydrogen) atoms. The predicted octanol–water partition coefficient (Wildman–Crippen LogP) is 2.14. The lowest BCUT2D eigenvalue weighted by molar-refractivity contribution is -0.117. The average molecular weight is 298 g/mol. The Hall–Kier alpha value is -1.53. The van der Waals surface area contributed by atoms with Crippen molar-refractivity contribution in [2.45, 2.75) is 31.3 Å². The molecule has 1 amide bonds. The van der Waals surface area contributed by atoms with Gasteiger partial charge in [0.2, 0.25) is 5.91 Å². The number of rotatable bonds is 5. The second kappa shape index (κ2) is 6.49. The van der Waals surface area contributed by atoms with E-state index in [0.717, 1.165) is 43.9 Å². The van der Waals surface area contributed by atoms with Gasteiger partial charge in [-0.25, -0.2) is 8.78 Å². The summed E-state index contributed by atoms with van der Waals surface area (Å²) >= 11 is 0. The zero-order valence-corrected chi connectivity index (χ0v) is 12.0. The average Bonchev–Trinajstić information content (AvgIpc) is 2.79. The van der Waals surface area contributed by atoms with Crippen LogP contribution in [0.5, 0.6) is 0 Å². The minimum atomic E-state index is -0.737. The quantitative estimate of drug-likeness (QED) is 0.875. The SMILES string of the molecule is CN(CC(=O)Nc1cc(F)ccc1F)CC1(O)CCCC1. The summed E-state index contributed by atoms with van der Waals surface area (Å²) in [5, 5.41) is 12.6. The molecule has 1 aliphatic carbocycles. The number of carbonyl (C=O) groups is 1. The van der Waals surface area contributed by atoms with Crippen molar-refractivity contribution in [3.63, 3.8) is 0 Å². The minimum absolute atomic E-state index is 0.0122. The molecule has 1 aliphatic rings. The van der Waals surface area contributed by atoms with E-state index in [2.05, 4.69) is 5.32 Å². The molecule has 0 aromatic heterocycles. The van der Waals surface area contributed by atoms with E-state index in [1.807, 2.05) is 0 Å². The third kappa shape index (κ3) is 4.47. The summed E-state index contributed by atoms with van der Waals surface area (Å²) in [4.78, 5) is 13.5. The van der Waals surface area contributed by atoms with Crippen molar-refractivity contribution >= 4 is 11.6 Å². The highest BCUT2D eigenvalue weighted by molar-refractivity contribution is 5.92. The standard InChI is InChI=1S/C15H20F2N2O2/c1-19(10-15(21)6-2-3-7-15)9-14(20)18-13-8-11(16)4-5-12(13)17/h4-5,8,21H,2-3,6-7,9-10H2,1H3,(H,18,20). The van der Waals surface area contributed by atoms with E-state index < -0.39 is 23.1 Å². The van der Waals surface area contributed by atoms with Crippen LogP contribution in [-0.2, 0) is 4.79 Å². The number of halogens is 2. The molecule has 2 rings (SSSR count). The van der Waals surface area contributed by atoms with Gasteiger partial charge in [0.05, 0.1) is 17.8 Å². The van der Waals surface area contributed by atoms with Crippen molar-refractivity contribution in [1.29, 1.82) is 0 Å². The van der Waals surface area contributed by atoms with Crippen LogP contribution >= 0.6 is 0 Å². The molecule has 0 saturated heterocycles. The van der Waals surface area contributed by atoms with Crippen LogP contribution in [0.4, 0.5) is 14.5 Å². The van der Waals surface area contributed by atoms with Gasteiger partial charge in [0.15, 0.2) is 0 Å². The molecular formula is C15H20F2N2O2. The Labute approximate surface area is 122 Å². The van der Waals surface area contributed by atoms with Gasteiger partial charge < -0.3 is 10.4 Å². The van der Waals surface area contributed by atoms with E-state index >= 15 is 0 Å². The number of carbonyl (C=O) groups excluding carboxylic acids is 1. The van der Waals surface area contributed by atoms with Crippen LogP contribution in [0.3, 0.4) is 0 Å². The number of aliphatic hydroxyl groups is 1.